The molecule has 2 atom stereocenters. The van der Waals surface area contributed by atoms with E-state index in [0.29, 0.717) is 0 Å². The zero-order chi connectivity index (χ0) is 15.4. The Balaban J connectivity index is 1.71. The quantitative estimate of drug-likeness (QED) is 0.873. The summed E-state index contributed by atoms with van der Waals surface area (Å²) in [5.74, 6) is 0. The summed E-state index contributed by atoms with van der Waals surface area (Å²) in [6.45, 7) is 0.325. The first-order valence-corrected chi connectivity index (χ1v) is 7.89. The SMILES string of the molecule is O=C(OCc1ccccc1)N1[C@@H](c2ccccc2)COS1=O. The lowest BCUT2D eigenvalue weighted by Crippen LogP contribution is -2.32. The highest BCUT2D eigenvalue weighted by molar-refractivity contribution is 7.78. The van der Waals surface area contributed by atoms with Crippen molar-refractivity contribution in [3.8, 4) is 0 Å². The summed E-state index contributed by atoms with van der Waals surface area (Å²) in [5, 5.41) is 0. The molecule has 0 aromatic heterocycles. The normalized spacial score (nSPS) is 20.8. The number of hydrogen-bond donors (Lipinski definition) is 0. The number of carbonyl (C=O) groups is 1. The van der Waals surface area contributed by atoms with Gasteiger partial charge in [-0.2, -0.15) is 4.31 Å². The third kappa shape index (κ3) is 3.18. The maximum absolute atomic E-state index is 12.2. The molecule has 5 nitrogen and oxygen atoms in total. The summed E-state index contributed by atoms with van der Waals surface area (Å²) in [7, 11) is 0. The predicted octanol–water partition coefficient (Wildman–Crippen LogP) is 2.98. The van der Waals surface area contributed by atoms with Gasteiger partial charge in [-0.3, -0.25) is 4.18 Å². The standard InChI is InChI=1S/C16H15NO4S/c18-16(20-11-13-7-3-1-4-8-13)17-15(12-21-22(17)19)14-9-5-2-6-10-14/h1-10,15H,11-12H2/t15-,22?/m1/s1. The summed E-state index contributed by atoms with van der Waals surface area (Å²) in [6, 6.07) is 18.3. The Morgan fingerprint density at radius 2 is 1.77 bits per heavy atom. The number of amides is 1. The van der Waals surface area contributed by atoms with Crippen molar-refractivity contribution < 1.29 is 17.9 Å². The number of nitrogens with zero attached hydrogens (tertiary/aromatic N) is 1. The zero-order valence-corrected chi connectivity index (χ0v) is 12.6. The molecule has 2 aromatic carbocycles. The average Bonchev–Trinajstić information content (AvgIpc) is 2.96. The summed E-state index contributed by atoms with van der Waals surface area (Å²) in [6.07, 6.45) is -0.645. The van der Waals surface area contributed by atoms with E-state index in [2.05, 4.69) is 0 Å². The summed E-state index contributed by atoms with van der Waals surface area (Å²) in [5.41, 5.74) is 1.74. The van der Waals surface area contributed by atoms with E-state index in [-0.39, 0.29) is 13.2 Å². The smallest absolute Gasteiger partial charge is 0.424 e. The highest BCUT2D eigenvalue weighted by Crippen LogP contribution is 2.30. The van der Waals surface area contributed by atoms with Gasteiger partial charge in [0.1, 0.15) is 12.6 Å². The van der Waals surface area contributed by atoms with Crippen LogP contribution >= 0.6 is 0 Å². The maximum Gasteiger partial charge on any atom is 0.424 e. The van der Waals surface area contributed by atoms with Gasteiger partial charge in [-0.15, -0.1) is 0 Å². The molecular formula is C16H15NO4S. The van der Waals surface area contributed by atoms with Crippen molar-refractivity contribution >= 4 is 17.4 Å². The Morgan fingerprint density at radius 1 is 1.14 bits per heavy atom. The highest BCUT2D eigenvalue weighted by Gasteiger charge is 2.38. The van der Waals surface area contributed by atoms with Crippen LogP contribution in [0.25, 0.3) is 0 Å². The van der Waals surface area contributed by atoms with Crippen LogP contribution in [0.2, 0.25) is 0 Å². The fourth-order valence-electron chi connectivity index (χ4n) is 2.23. The molecule has 1 amide bonds. The van der Waals surface area contributed by atoms with Crippen molar-refractivity contribution in [3.05, 3.63) is 71.8 Å². The molecule has 1 unspecified atom stereocenters. The number of carbonyl (C=O) groups excluding carboxylic acids is 1. The minimum Gasteiger partial charge on any atom is -0.444 e. The fraction of sp³-hybridized carbons (Fsp3) is 0.188. The lowest BCUT2D eigenvalue weighted by molar-refractivity contribution is 0.114. The molecule has 3 rings (SSSR count). The molecule has 114 valence electrons. The number of rotatable bonds is 3. The van der Waals surface area contributed by atoms with Gasteiger partial charge in [-0.05, 0) is 11.1 Å². The second kappa shape index (κ2) is 6.72. The van der Waals surface area contributed by atoms with Crippen LogP contribution in [-0.4, -0.2) is 21.2 Å². The topological polar surface area (TPSA) is 55.8 Å². The second-order valence-corrected chi connectivity index (χ2v) is 5.86. The van der Waals surface area contributed by atoms with Crippen LogP contribution in [0, 0.1) is 0 Å². The van der Waals surface area contributed by atoms with Crippen LogP contribution in [0.15, 0.2) is 60.7 Å². The van der Waals surface area contributed by atoms with Crippen LogP contribution in [0.3, 0.4) is 0 Å². The molecule has 1 aliphatic heterocycles. The molecule has 1 aliphatic rings. The van der Waals surface area contributed by atoms with E-state index >= 15 is 0 Å². The molecule has 0 bridgehead atoms. The molecule has 0 saturated carbocycles. The molecule has 1 heterocycles. The van der Waals surface area contributed by atoms with Crippen LogP contribution in [0.4, 0.5) is 4.79 Å². The second-order valence-electron chi connectivity index (χ2n) is 4.79. The minimum absolute atomic E-state index is 0.134. The zero-order valence-electron chi connectivity index (χ0n) is 11.8. The Morgan fingerprint density at radius 3 is 2.45 bits per heavy atom. The van der Waals surface area contributed by atoms with Gasteiger partial charge in [0.25, 0.3) is 11.3 Å². The summed E-state index contributed by atoms with van der Waals surface area (Å²) < 4.78 is 23.4. The molecule has 1 saturated heterocycles. The average molecular weight is 317 g/mol. The molecule has 22 heavy (non-hydrogen) atoms. The van der Waals surface area contributed by atoms with Crippen molar-refractivity contribution in [1.82, 2.24) is 4.31 Å². The van der Waals surface area contributed by atoms with Crippen molar-refractivity contribution in [2.24, 2.45) is 0 Å². The third-order valence-electron chi connectivity index (χ3n) is 3.34. The van der Waals surface area contributed by atoms with Gasteiger partial charge in [-0.25, -0.2) is 9.00 Å². The Labute approximate surface area is 131 Å². The van der Waals surface area contributed by atoms with Crippen LogP contribution in [0.5, 0.6) is 0 Å². The van der Waals surface area contributed by atoms with E-state index in [4.69, 9.17) is 8.92 Å². The fourth-order valence-corrected chi connectivity index (χ4v) is 3.15. The molecule has 0 radical (unpaired) electrons. The molecule has 0 aliphatic carbocycles. The van der Waals surface area contributed by atoms with E-state index in [1.807, 2.05) is 60.7 Å². The first-order chi connectivity index (χ1) is 10.8. The van der Waals surface area contributed by atoms with Crippen LogP contribution < -0.4 is 0 Å². The van der Waals surface area contributed by atoms with E-state index in [1.165, 1.54) is 0 Å². The van der Waals surface area contributed by atoms with Gasteiger partial charge < -0.3 is 4.74 Å². The largest absolute Gasteiger partial charge is 0.444 e. The number of benzene rings is 2. The number of hydrogen-bond acceptors (Lipinski definition) is 4. The minimum atomic E-state index is -1.82. The molecule has 0 spiro atoms. The van der Waals surface area contributed by atoms with Gasteiger partial charge in [-0.1, -0.05) is 60.7 Å². The summed E-state index contributed by atoms with van der Waals surface area (Å²) >= 11 is -1.82. The van der Waals surface area contributed by atoms with Crippen LogP contribution in [-0.2, 0) is 26.8 Å². The lowest BCUT2D eigenvalue weighted by Gasteiger charge is -2.20. The maximum atomic E-state index is 12.2. The highest BCUT2D eigenvalue weighted by atomic mass is 32.2. The van der Waals surface area contributed by atoms with E-state index in [0.717, 1.165) is 15.4 Å². The van der Waals surface area contributed by atoms with Gasteiger partial charge >= 0.3 is 6.09 Å². The Bertz CT molecular complexity index is 662. The van der Waals surface area contributed by atoms with Gasteiger partial charge in [0.15, 0.2) is 0 Å². The molecule has 2 aromatic rings. The van der Waals surface area contributed by atoms with E-state index in [1.54, 1.807) is 0 Å². The number of ether oxygens (including phenoxy) is 1. The van der Waals surface area contributed by atoms with E-state index < -0.39 is 23.4 Å². The first-order valence-electron chi connectivity index (χ1n) is 6.86. The molecular weight excluding hydrogens is 302 g/mol. The third-order valence-corrected chi connectivity index (χ3v) is 4.40. The van der Waals surface area contributed by atoms with E-state index in [9.17, 15) is 9.00 Å². The Kier molecular flexibility index (Phi) is 4.50. The Hall–Kier alpha value is -2.18. The van der Waals surface area contributed by atoms with Crippen molar-refractivity contribution in [3.63, 3.8) is 0 Å². The summed E-state index contributed by atoms with van der Waals surface area (Å²) in [4.78, 5) is 12.2. The molecule has 0 N–H and O–H groups in total. The van der Waals surface area contributed by atoms with Crippen molar-refractivity contribution in [2.45, 2.75) is 12.6 Å². The lowest BCUT2D eigenvalue weighted by atomic mass is 10.1. The first kappa shape index (κ1) is 14.7. The van der Waals surface area contributed by atoms with Gasteiger partial charge in [0.05, 0.1) is 6.61 Å². The van der Waals surface area contributed by atoms with Crippen LogP contribution in [0.1, 0.15) is 17.2 Å². The predicted molar refractivity (Wildman–Crippen MR) is 81.7 cm³/mol. The monoisotopic (exact) mass is 317 g/mol. The molecule has 1 fully saturated rings. The van der Waals surface area contributed by atoms with Gasteiger partial charge in [0.2, 0.25) is 0 Å². The van der Waals surface area contributed by atoms with Crippen molar-refractivity contribution in [2.75, 3.05) is 6.61 Å². The van der Waals surface area contributed by atoms with Gasteiger partial charge in [0, 0.05) is 0 Å². The van der Waals surface area contributed by atoms with Crippen molar-refractivity contribution in [1.29, 1.82) is 0 Å². The molecule has 6 heteroatoms.